The van der Waals surface area contributed by atoms with Crippen molar-refractivity contribution in [1.29, 1.82) is 0 Å². The van der Waals surface area contributed by atoms with Gasteiger partial charge in [0.1, 0.15) is 5.54 Å². The number of halogens is 2. The van der Waals surface area contributed by atoms with Crippen molar-refractivity contribution in [3.63, 3.8) is 0 Å². The van der Waals surface area contributed by atoms with E-state index in [0.29, 0.717) is 29.6 Å². The molecule has 3 fully saturated rings. The Bertz CT molecular complexity index is 1070. The number of Topliss-reactive ketones (excluding diaryl/α,β-unsaturated/α-hetero) is 1. The van der Waals surface area contributed by atoms with E-state index in [9.17, 15) is 14.4 Å². The number of ether oxygens (including phenoxy) is 1. The molecule has 7 nitrogen and oxygen atoms in total. The predicted octanol–water partition coefficient (Wildman–Crippen LogP) is 5.28. The number of ketones is 1. The molecule has 2 saturated heterocycles. The van der Waals surface area contributed by atoms with Crippen molar-refractivity contribution in [1.82, 2.24) is 15.1 Å². The molecule has 0 radical (unpaired) electrons. The van der Waals surface area contributed by atoms with Crippen LogP contribution in [0, 0.1) is 10.8 Å². The first kappa shape index (κ1) is 28.2. The number of likely N-dealkylation sites (tertiary alicyclic amines) is 1. The summed E-state index contributed by atoms with van der Waals surface area (Å²) in [7, 11) is 1.63. The second-order valence-electron chi connectivity index (χ2n) is 12.4. The first-order valence-electron chi connectivity index (χ1n) is 13.2. The van der Waals surface area contributed by atoms with E-state index in [0.717, 1.165) is 31.2 Å². The van der Waals surface area contributed by atoms with Crippen LogP contribution in [0.1, 0.15) is 71.3 Å². The van der Waals surface area contributed by atoms with Crippen molar-refractivity contribution in [3.8, 4) is 0 Å². The largest absolute Gasteiger partial charge is 0.449 e. The molecule has 2 aliphatic heterocycles. The van der Waals surface area contributed by atoms with Crippen LogP contribution in [-0.2, 0) is 14.3 Å². The summed E-state index contributed by atoms with van der Waals surface area (Å²) in [5.74, 6) is -0.479. The van der Waals surface area contributed by atoms with Gasteiger partial charge in [0.15, 0.2) is 5.78 Å². The van der Waals surface area contributed by atoms with Crippen LogP contribution in [0.5, 0.6) is 0 Å². The molecule has 3 atom stereocenters. The Labute approximate surface area is 230 Å². The molecule has 1 aromatic rings. The molecule has 37 heavy (non-hydrogen) atoms. The van der Waals surface area contributed by atoms with Crippen LogP contribution < -0.4 is 5.32 Å². The van der Waals surface area contributed by atoms with Crippen LogP contribution in [-0.4, -0.2) is 72.5 Å². The van der Waals surface area contributed by atoms with Crippen molar-refractivity contribution in [2.45, 2.75) is 77.3 Å². The third kappa shape index (κ3) is 5.50. The van der Waals surface area contributed by atoms with Crippen molar-refractivity contribution >= 4 is 41.0 Å². The molecule has 0 spiro atoms. The number of hydrogen-bond acceptors (Lipinski definition) is 5. The molecule has 0 aromatic heterocycles. The molecule has 9 heteroatoms. The number of likely N-dealkylation sites (N-methyl/N-ethyl adjacent to an activating group) is 1. The van der Waals surface area contributed by atoms with E-state index >= 15 is 0 Å². The van der Waals surface area contributed by atoms with Gasteiger partial charge in [0.05, 0.1) is 22.7 Å². The standard InChI is InChI=1S/C28H39Cl2N3O4/c1-26(2,3)17-37-25(36)32(5)28(16-31-15-19(28)18-9-10-20(29)21(30)14-18)24(35)33-13-7-6-8-22(33)23(34)27(4)11-12-27/h9-10,14,19,22,31H,6-8,11-13,15-17H2,1-5H3/t19-,22?,28+/m1/s1. The fourth-order valence-electron chi connectivity index (χ4n) is 5.61. The molecule has 0 bridgehead atoms. The number of hydrogen-bond donors (Lipinski definition) is 1. The topological polar surface area (TPSA) is 79.0 Å². The number of benzene rings is 1. The second kappa shape index (κ2) is 10.4. The number of nitrogens with zero attached hydrogens (tertiary/aromatic N) is 2. The highest BCUT2D eigenvalue weighted by Gasteiger charge is 2.59. The van der Waals surface area contributed by atoms with Gasteiger partial charge in [-0.1, -0.05) is 57.0 Å². The molecule has 1 N–H and O–H groups in total. The lowest BCUT2D eigenvalue weighted by Crippen LogP contribution is -2.66. The number of amides is 2. The van der Waals surface area contributed by atoms with Gasteiger partial charge in [-0.3, -0.25) is 14.5 Å². The zero-order valence-electron chi connectivity index (χ0n) is 22.5. The van der Waals surface area contributed by atoms with Crippen LogP contribution in [0.2, 0.25) is 10.0 Å². The molecule has 2 amide bonds. The van der Waals surface area contributed by atoms with E-state index in [1.54, 1.807) is 24.1 Å². The summed E-state index contributed by atoms with van der Waals surface area (Å²) in [5.41, 5.74) is -1.05. The zero-order valence-corrected chi connectivity index (χ0v) is 24.0. The molecule has 204 valence electrons. The lowest BCUT2D eigenvalue weighted by molar-refractivity contribution is -0.152. The first-order chi connectivity index (χ1) is 17.3. The minimum absolute atomic E-state index is 0.144. The summed E-state index contributed by atoms with van der Waals surface area (Å²) < 4.78 is 5.68. The molecule has 1 aromatic carbocycles. The summed E-state index contributed by atoms with van der Waals surface area (Å²) in [4.78, 5) is 44.9. The summed E-state index contributed by atoms with van der Waals surface area (Å²) in [6, 6.07) is 4.86. The van der Waals surface area contributed by atoms with Crippen molar-refractivity contribution < 1.29 is 19.1 Å². The molecule has 1 aliphatic carbocycles. The summed E-state index contributed by atoms with van der Waals surface area (Å²) in [6.07, 6.45) is 3.54. The minimum Gasteiger partial charge on any atom is -0.449 e. The second-order valence-corrected chi connectivity index (χ2v) is 13.2. The molecule has 3 aliphatic rings. The smallest absolute Gasteiger partial charge is 0.410 e. The molecular formula is C28H39Cl2N3O4. The van der Waals surface area contributed by atoms with Crippen LogP contribution in [0.25, 0.3) is 0 Å². The normalized spacial score (nSPS) is 27.1. The monoisotopic (exact) mass is 551 g/mol. The average Bonchev–Trinajstić information content (AvgIpc) is 3.45. The van der Waals surface area contributed by atoms with Crippen molar-refractivity contribution in [3.05, 3.63) is 33.8 Å². The van der Waals surface area contributed by atoms with Gasteiger partial charge in [0.25, 0.3) is 5.91 Å². The number of rotatable bonds is 6. The Kier molecular flexibility index (Phi) is 7.91. The SMILES string of the molecule is CN(C(=O)OCC(C)(C)C)[C@@]1(C(=O)N2CCCCC2C(=O)C2(C)CC2)CNC[C@@H]1c1ccc(Cl)c(Cl)c1. The van der Waals surface area contributed by atoms with E-state index in [-0.39, 0.29) is 35.7 Å². The van der Waals surface area contributed by atoms with Gasteiger partial charge in [-0.2, -0.15) is 0 Å². The molecule has 1 saturated carbocycles. The van der Waals surface area contributed by atoms with Gasteiger partial charge < -0.3 is 15.0 Å². The third-order valence-electron chi connectivity index (χ3n) is 8.20. The fraction of sp³-hybridized carbons (Fsp3) is 0.679. The lowest BCUT2D eigenvalue weighted by Gasteiger charge is -2.47. The van der Waals surface area contributed by atoms with E-state index in [1.807, 2.05) is 33.8 Å². The van der Waals surface area contributed by atoms with E-state index in [4.69, 9.17) is 27.9 Å². The highest BCUT2D eigenvalue weighted by molar-refractivity contribution is 6.42. The maximum atomic E-state index is 14.7. The molecule has 2 heterocycles. The zero-order chi connectivity index (χ0) is 27.2. The number of nitrogens with one attached hydrogen (secondary N) is 1. The number of carbonyl (C=O) groups excluding carboxylic acids is 3. The average molecular weight is 553 g/mol. The van der Waals surface area contributed by atoms with Crippen LogP contribution in [0.3, 0.4) is 0 Å². The molecule has 1 unspecified atom stereocenters. The van der Waals surface area contributed by atoms with Gasteiger partial charge in [-0.15, -0.1) is 0 Å². The van der Waals surface area contributed by atoms with Gasteiger partial charge in [-0.25, -0.2) is 4.79 Å². The summed E-state index contributed by atoms with van der Waals surface area (Å²) in [6.45, 7) is 9.36. The fourth-order valence-corrected chi connectivity index (χ4v) is 5.92. The Hall–Kier alpha value is -1.83. The van der Waals surface area contributed by atoms with Gasteiger partial charge in [0, 0.05) is 38.0 Å². The van der Waals surface area contributed by atoms with Gasteiger partial charge in [-0.05, 0) is 55.2 Å². The quantitative estimate of drug-likeness (QED) is 0.520. The van der Waals surface area contributed by atoms with E-state index in [2.05, 4.69) is 5.32 Å². The molecule has 4 rings (SSSR count). The van der Waals surface area contributed by atoms with Crippen LogP contribution in [0.4, 0.5) is 4.79 Å². The molecular weight excluding hydrogens is 513 g/mol. The third-order valence-corrected chi connectivity index (χ3v) is 8.94. The van der Waals surface area contributed by atoms with Crippen molar-refractivity contribution in [2.24, 2.45) is 10.8 Å². The van der Waals surface area contributed by atoms with E-state index in [1.165, 1.54) is 4.90 Å². The Balaban J connectivity index is 1.75. The maximum Gasteiger partial charge on any atom is 0.410 e. The van der Waals surface area contributed by atoms with Gasteiger partial charge >= 0.3 is 6.09 Å². The predicted molar refractivity (Wildman–Crippen MR) is 145 cm³/mol. The van der Waals surface area contributed by atoms with Gasteiger partial charge in [0.2, 0.25) is 0 Å². The Morgan fingerprint density at radius 2 is 1.86 bits per heavy atom. The minimum atomic E-state index is -1.29. The Morgan fingerprint density at radius 3 is 2.49 bits per heavy atom. The maximum absolute atomic E-state index is 14.7. The number of carbonyl (C=O) groups is 3. The number of piperidine rings is 1. The summed E-state index contributed by atoms with van der Waals surface area (Å²) >= 11 is 12.6. The lowest BCUT2D eigenvalue weighted by atomic mass is 9.78. The highest BCUT2D eigenvalue weighted by Crippen LogP contribution is 2.49. The first-order valence-corrected chi connectivity index (χ1v) is 14.0. The Morgan fingerprint density at radius 1 is 1.16 bits per heavy atom. The van der Waals surface area contributed by atoms with Crippen LogP contribution in [0.15, 0.2) is 18.2 Å². The highest BCUT2D eigenvalue weighted by atomic mass is 35.5. The van der Waals surface area contributed by atoms with Crippen LogP contribution >= 0.6 is 23.2 Å². The van der Waals surface area contributed by atoms with E-state index < -0.39 is 23.6 Å². The van der Waals surface area contributed by atoms with Crippen molar-refractivity contribution in [2.75, 3.05) is 33.3 Å². The summed E-state index contributed by atoms with van der Waals surface area (Å²) in [5, 5.41) is 4.16.